The molecule has 0 amide bonds. The Morgan fingerprint density at radius 2 is 1.95 bits per heavy atom. The normalized spacial score (nSPS) is 10.5. The molecule has 21 heavy (non-hydrogen) atoms. The lowest BCUT2D eigenvalue weighted by Gasteiger charge is -2.06. The van der Waals surface area contributed by atoms with E-state index < -0.39 is 0 Å². The van der Waals surface area contributed by atoms with Crippen LogP contribution in [0.15, 0.2) is 64.8 Å². The summed E-state index contributed by atoms with van der Waals surface area (Å²) in [6.45, 7) is 1.54. The first-order valence-corrected chi connectivity index (χ1v) is 8.01. The number of carbonyl (C=O) groups is 1. The average molecular weight is 312 g/mol. The van der Waals surface area contributed by atoms with E-state index in [9.17, 15) is 4.79 Å². The van der Waals surface area contributed by atoms with Gasteiger partial charge in [-0.3, -0.25) is 9.78 Å². The fourth-order valence-electron chi connectivity index (χ4n) is 1.84. The van der Waals surface area contributed by atoms with Gasteiger partial charge in [-0.05, 0) is 18.2 Å². The van der Waals surface area contributed by atoms with E-state index in [0.717, 1.165) is 20.2 Å². The van der Waals surface area contributed by atoms with Gasteiger partial charge in [0.2, 0.25) is 0 Å². The Morgan fingerprint density at radius 1 is 1.14 bits per heavy atom. The molecule has 2 aromatic heterocycles. The first-order valence-electron chi connectivity index (χ1n) is 6.38. The molecule has 104 valence electrons. The van der Waals surface area contributed by atoms with Crippen LogP contribution in [0.3, 0.4) is 0 Å². The minimum atomic E-state index is -0.00225. The largest absolute Gasteiger partial charge is 0.292 e. The maximum absolute atomic E-state index is 11.4. The van der Waals surface area contributed by atoms with Crippen molar-refractivity contribution in [2.24, 2.45) is 0 Å². The zero-order valence-electron chi connectivity index (χ0n) is 11.3. The lowest BCUT2D eigenvalue weighted by molar-refractivity contribution is 0.101. The average Bonchev–Trinajstić information content (AvgIpc) is 2.99. The van der Waals surface area contributed by atoms with Crippen molar-refractivity contribution in [2.45, 2.75) is 16.7 Å². The van der Waals surface area contributed by atoms with E-state index in [1.165, 1.54) is 18.3 Å². The Bertz CT molecular complexity index is 769. The van der Waals surface area contributed by atoms with Gasteiger partial charge in [-0.2, -0.15) is 0 Å². The Hall–Kier alpha value is -1.98. The summed E-state index contributed by atoms with van der Waals surface area (Å²) < 4.78 is 0. The summed E-state index contributed by atoms with van der Waals surface area (Å²) in [7, 11) is 0. The second-order valence-corrected chi connectivity index (χ2v) is 6.52. The van der Waals surface area contributed by atoms with Crippen LogP contribution in [-0.4, -0.2) is 15.8 Å². The minimum absolute atomic E-state index is 0.00225. The van der Waals surface area contributed by atoms with E-state index >= 15 is 0 Å². The van der Waals surface area contributed by atoms with Crippen LogP contribution in [0, 0.1) is 0 Å². The third-order valence-corrected chi connectivity index (χ3v) is 5.01. The van der Waals surface area contributed by atoms with Gasteiger partial charge in [0.15, 0.2) is 10.8 Å². The molecule has 2 heterocycles. The molecule has 5 heteroatoms. The number of nitrogens with zero attached hydrogens (tertiary/aromatic N) is 2. The first-order chi connectivity index (χ1) is 10.2. The lowest BCUT2D eigenvalue weighted by Crippen LogP contribution is -1.87. The number of carbonyl (C=O) groups excluding carboxylic acids is 1. The number of pyridine rings is 1. The molecular formula is C16H12N2OS2. The number of rotatable bonds is 4. The van der Waals surface area contributed by atoms with Gasteiger partial charge in [-0.1, -0.05) is 30.0 Å². The molecule has 0 radical (unpaired) electrons. The second kappa shape index (κ2) is 6.20. The summed E-state index contributed by atoms with van der Waals surface area (Å²) in [5.41, 5.74) is 1.06. The van der Waals surface area contributed by atoms with Gasteiger partial charge in [0.05, 0.1) is 4.88 Å². The summed E-state index contributed by atoms with van der Waals surface area (Å²) in [5.74, 6) is -0.00225. The van der Waals surface area contributed by atoms with Crippen molar-refractivity contribution >= 4 is 28.9 Å². The highest BCUT2D eigenvalue weighted by atomic mass is 32.2. The molecule has 3 nitrogen and oxygen atoms in total. The van der Waals surface area contributed by atoms with E-state index in [1.807, 2.05) is 30.5 Å². The Morgan fingerprint density at radius 3 is 2.67 bits per heavy atom. The number of aromatic nitrogens is 2. The van der Waals surface area contributed by atoms with Crippen molar-refractivity contribution in [2.75, 3.05) is 0 Å². The van der Waals surface area contributed by atoms with Crippen LogP contribution >= 0.6 is 23.1 Å². The molecular weight excluding hydrogens is 300 g/mol. The highest BCUT2D eigenvalue weighted by Crippen LogP contribution is 2.37. The molecule has 3 rings (SSSR count). The Kier molecular flexibility index (Phi) is 4.13. The van der Waals surface area contributed by atoms with Crippen molar-refractivity contribution in [1.82, 2.24) is 9.97 Å². The van der Waals surface area contributed by atoms with Crippen LogP contribution in [0.4, 0.5) is 0 Å². The monoisotopic (exact) mass is 312 g/mol. The number of thiazole rings is 1. The lowest BCUT2D eigenvalue weighted by atomic mass is 10.2. The highest BCUT2D eigenvalue weighted by molar-refractivity contribution is 7.99. The van der Waals surface area contributed by atoms with Gasteiger partial charge in [0.25, 0.3) is 0 Å². The predicted octanol–water partition coefficient (Wildman–Crippen LogP) is 4.56. The molecule has 0 saturated heterocycles. The molecule has 0 bridgehead atoms. The molecule has 0 spiro atoms. The third kappa shape index (κ3) is 3.20. The summed E-state index contributed by atoms with van der Waals surface area (Å²) in [6, 6.07) is 12.1. The minimum Gasteiger partial charge on any atom is -0.292 e. The van der Waals surface area contributed by atoms with Crippen molar-refractivity contribution in [1.29, 1.82) is 0 Å². The molecule has 3 aromatic rings. The summed E-state index contributed by atoms with van der Waals surface area (Å²) in [4.78, 5) is 23.0. The number of hydrogen-bond donors (Lipinski definition) is 0. The molecule has 0 aliphatic rings. The van der Waals surface area contributed by atoms with Gasteiger partial charge >= 0.3 is 0 Å². The zero-order valence-corrected chi connectivity index (χ0v) is 12.9. The van der Waals surface area contributed by atoms with Gasteiger partial charge in [0, 0.05) is 40.9 Å². The van der Waals surface area contributed by atoms with Gasteiger partial charge in [-0.15, -0.1) is 11.3 Å². The molecule has 0 aliphatic heterocycles. The maximum atomic E-state index is 11.4. The molecule has 0 saturated carbocycles. The van der Waals surface area contributed by atoms with Crippen LogP contribution in [0.2, 0.25) is 0 Å². The van der Waals surface area contributed by atoms with E-state index in [1.54, 1.807) is 24.2 Å². The standard InChI is InChI=1S/C16H12N2OS2/c1-11(19)16-18-10-15(21-16)13-7-8-17-9-14(13)20-12-5-3-2-4-6-12/h2-10H,1H3. The predicted molar refractivity (Wildman–Crippen MR) is 85.9 cm³/mol. The summed E-state index contributed by atoms with van der Waals surface area (Å²) in [6.07, 6.45) is 5.36. The van der Waals surface area contributed by atoms with Gasteiger partial charge in [0.1, 0.15) is 0 Å². The van der Waals surface area contributed by atoms with Crippen molar-refractivity contribution in [3.8, 4) is 10.4 Å². The number of Topliss-reactive ketones (excluding diaryl/α,β-unsaturated/α-hetero) is 1. The second-order valence-electron chi connectivity index (χ2n) is 4.37. The molecule has 1 aromatic carbocycles. The SMILES string of the molecule is CC(=O)c1ncc(-c2ccncc2Sc2ccccc2)s1. The Balaban J connectivity index is 1.97. The van der Waals surface area contributed by atoms with Crippen molar-refractivity contribution in [3.63, 3.8) is 0 Å². The molecule has 0 fully saturated rings. The van der Waals surface area contributed by atoms with Gasteiger partial charge in [-0.25, -0.2) is 4.98 Å². The number of benzene rings is 1. The van der Waals surface area contributed by atoms with E-state index in [-0.39, 0.29) is 5.78 Å². The maximum Gasteiger partial charge on any atom is 0.188 e. The van der Waals surface area contributed by atoms with Crippen LogP contribution in [0.5, 0.6) is 0 Å². The molecule has 0 N–H and O–H groups in total. The third-order valence-electron chi connectivity index (χ3n) is 2.83. The van der Waals surface area contributed by atoms with Gasteiger partial charge < -0.3 is 0 Å². The van der Waals surface area contributed by atoms with Crippen molar-refractivity contribution < 1.29 is 4.79 Å². The summed E-state index contributed by atoms with van der Waals surface area (Å²) >= 11 is 3.08. The van der Waals surface area contributed by atoms with Crippen LogP contribution in [-0.2, 0) is 0 Å². The summed E-state index contributed by atoms with van der Waals surface area (Å²) in [5, 5.41) is 0.539. The van der Waals surface area contributed by atoms with E-state index in [0.29, 0.717) is 5.01 Å². The Labute approximate surface area is 131 Å². The first kappa shape index (κ1) is 14.0. The van der Waals surface area contributed by atoms with Crippen LogP contribution in [0.25, 0.3) is 10.4 Å². The van der Waals surface area contributed by atoms with Crippen LogP contribution in [0.1, 0.15) is 16.7 Å². The highest BCUT2D eigenvalue weighted by Gasteiger charge is 2.12. The quantitative estimate of drug-likeness (QED) is 0.662. The van der Waals surface area contributed by atoms with Crippen LogP contribution < -0.4 is 0 Å². The van der Waals surface area contributed by atoms with Crippen molar-refractivity contribution in [3.05, 3.63) is 60.0 Å². The zero-order chi connectivity index (χ0) is 14.7. The van der Waals surface area contributed by atoms with E-state index in [4.69, 9.17) is 0 Å². The molecule has 0 aliphatic carbocycles. The smallest absolute Gasteiger partial charge is 0.188 e. The fourth-order valence-corrected chi connectivity index (χ4v) is 3.71. The number of hydrogen-bond acceptors (Lipinski definition) is 5. The molecule has 0 atom stereocenters. The molecule has 0 unspecified atom stereocenters. The topological polar surface area (TPSA) is 42.9 Å². The fraction of sp³-hybridized carbons (Fsp3) is 0.0625. The van der Waals surface area contributed by atoms with E-state index in [2.05, 4.69) is 22.1 Å². The number of ketones is 1.